The van der Waals surface area contributed by atoms with Gasteiger partial charge in [0.2, 0.25) is 5.91 Å². The van der Waals surface area contributed by atoms with Gasteiger partial charge in [0.15, 0.2) is 5.96 Å². The zero-order chi connectivity index (χ0) is 22.1. The molecule has 174 valence electrons. The molecule has 0 atom stereocenters. The third-order valence-corrected chi connectivity index (χ3v) is 4.95. The molecule has 0 spiro atoms. The largest absolute Gasteiger partial charge is 0.357 e. The monoisotopic (exact) mass is 554 g/mol. The van der Waals surface area contributed by atoms with Crippen molar-refractivity contribution >= 4 is 41.8 Å². The molecule has 3 N–H and O–H groups in total. The fourth-order valence-corrected chi connectivity index (χ4v) is 3.29. The molecule has 1 aromatic heterocycles. The normalized spacial score (nSPS) is 13.9. The van der Waals surface area contributed by atoms with Gasteiger partial charge in [0.25, 0.3) is 5.91 Å². The molecule has 1 aliphatic heterocycles. The van der Waals surface area contributed by atoms with Crippen molar-refractivity contribution in [2.75, 3.05) is 32.7 Å². The van der Waals surface area contributed by atoms with Gasteiger partial charge in [-0.25, -0.2) is 4.99 Å². The second kappa shape index (κ2) is 13.0. The number of hydrogen-bond acceptors (Lipinski definition) is 5. The number of carbonyl (C=O) groups is 2. The zero-order valence-electron chi connectivity index (χ0n) is 18.5. The molecule has 1 aliphatic rings. The van der Waals surface area contributed by atoms with Gasteiger partial charge in [-0.1, -0.05) is 19.1 Å². The van der Waals surface area contributed by atoms with Crippen LogP contribution in [0.5, 0.6) is 0 Å². The van der Waals surface area contributed by atoms with Crippen molar-refractivity contribution in [3.05, 3.63) is 47.5 Å². The Bertz CT molecular complexity index is 913. The standard InChI is InChI=1S/C21H30N8O2.HI/c1-3-18-27-26-15-29(18)12-10-24-21(22-4-2)25-13-16-5-7-17(8-6-16)20(31)28-11-9-23-19(30)14-28;/h5-8,15H,3-4,9-14H2,1-2H3,(H,23,30)(H2,22,24,25);1H. The van der Waals surface area contributed by atoms with E-state index in [-0.39, 0.29) is 42.3 Å². The average molecular weight is 554 g/mol. The van der Waals surface area contributed by atoms with Crippen LogP contribution in [0.2, 0.25) is 0 Å². The van der Waals surface area contributed by atoms with Crippen LogP contribution in [0, 0.1) is 0 Å². The van der Waals surface area contributed by atoms with E-state index in [1.54, 1.807) is 23.4 Å². The minimum Gasteiger partial charge on any atom is -0.357 e. The molecule has 0 saturated carbocycles. The Balaban J connectivity index is 0.00000363. The van der Waals surface area contributed by atoms with Crippen LogP contribution in [0.3, 0.4) is 0 Å². The minimum absolute atomic E-state index is 0. The number of halogens is 1. The lowest BCUT2D eigenvalue weighted by Gasteiger charge is -2.26. The number of hydrogen-bond donors (Lipinski definition) is 3. The van der Waals surface area contributed by atoms with E-state index < -0.39 is 0 Å². The molecule has 1 saturated heterocycles. The summed E-state index contributed by atoms with van der Waals surface area (Å²) in [6.07, 6.45) is 2.58. The second-order valence-electron chi connectivity index (χ2n) is 7.19. The van der Waals surface area contributed by atoms with Gasteiger partial charge in [0, 0.05) is 44.7 Å². The number of nitrogens with zero attached hydrogens (tertiary/aromatic N) is 5. The summed E-state index contributed by atoms with van der Waals surface area (Å²) >= 11 is 0. The van der Waals surface area contributed by atoms with Crippen LogP contribution in [0.1, 0.15) is 35.6 Å². The van der Waals surface area contributed by atoms with Crippen LogP contribution < -0.4 is 16.0 Å². The van der Waals surface area contributed by atoms with Gasteiger partial charge >= 0.3 is 0 Å². The summed E-state index contributed by atoms with van der Waals surface area (Å²) in [5.41, 5.74) is 1.57. The third-order valence-electron chi connectivity index (χ3n) is 4.95. The Morgan fingerprint density at radius 2 is 2.00 bits per heavy atom. The number of rotatable bonds is 8. The summed E-state index contributed by atoms with van der Waals surface area (Å²) in [6, 6.07) is 7.38. The van der Waals surface area contributed by atoms with Crippen molar-refractivity contribution in [3.63, 3.8) is 0 Å². The molecular formula is C21H31IN8O2. The van der Waals surface area contributed by atoms with E-state index in [9.17, 15) is 9.59 Å². The topological polar surface area (TPSA) is 117 Å². The van der Waals surface area contributed by atoms with Crippen LogP contribution in [-0.2, 0) is 24.3 Å². The summed E-state index contributed by atoms with van der Waals surface area (Å²) in [4.78, 5) is 30.3. The number of guanidine groups is 1. The summed E-state index contributed by atoms with van der Waals surface area (Å²) in [6.45, 7) is 7.92. The van der Waals surface area contributed by atoms with Gasteiger partial charge in [-0.2, -0.15) is 0 Å². The first kappa shape index (κ1) is 25.6. The Labute approximate surface area is 205 Å². The SMILES string of the molecule is CCNC(=NCc1ccc(C(=O)N2CCNC(=O)C2)cc1)NCCn1cnnc1CC.I. The molecule has 2 heterocycles. The molecule has 2 aromatic rings. The molecule has 0 unspecified atom stereocenters. The van der Waals surface area contributed by atoms with Crippen LogP contribution >= 0.6 is 24.0 Å². The van der Waals surface area contributed by atoms with Crippen LogP contribution in [0.4, 0.5) is 0 Å². The molecule has 11 heteroatoms. The van der Waals surface area contributed by atoms with Gasteiger partial charge in [0.05, 0.1) is 13.1 Å². The molecule has 0 bridgehead atoms. The van der Waals surface area contributed by atoms with E-state index in [1.807, 2.05) is 23.6 Å². The first-order chi connectivity index (χ1) is 15.1. The zero-order valence-corrected chi connectivity index (χ0v) is 20.8. The number of carbonyl (C=O) groups excluding carboxylic acids is 2. The Hall–Kier alpha value is -2.70. The molecule has 32 heavy (non-hydrogen) atoms. The maximum atomic E-state index is 12.6. The van der Waals surface area contributed by atoms with E-state index in [2.05, 4.69) is 38.1 Å². The number of piperazine rings is 1. The predicted molar refractivity (Wildman–Crippen MR) is 133 cm³/mol. The van der Waals surface area contributed by atoms with E-state index in [0.29, 0.717) is 31.7 Å². The highest BCUT2D eigenvalue weighted by Crippen LogP contribution is 2.10. The summed E-state index contributed by atoms with van der Waals surface area (Å²) in [7, 11) is 0. The van der Waals surface area contributed by atoms with E-state index in [4.69, 9.17) is 0 Å². The van der Waals surface area contributed by atoms with E-state index in [0.717, 1.165) is 36.9 Å². The third kappa shape index (κ3) is 7.18. The summed E-state index contributed by atoms with van der Waals surface area (Å²) in [5.74, 6) is 1.45. The number of benzene rings is 1. The molecule has 0 aliphatic carbocycles. The van der Waals surface area contributed by atoms with Gasteiger partial charge < -0.3 is 25.4 Å². The maximum absolute atomic E-state index is 12.6. The average Bonchev–Trinajstić information content (AvgIpc) is 3.25. The van der Waals surface area contributed by atoms with Crippen molar-refractivity contribution in [3.8, 4) is 0 Å². The van der Waals surface area contributed by atoms with Crippen molar-refractivity contribution in [2.24, 2.45) is 4.99 Å². The first-order valence-corrected chi connectivity index (χ1v) is 10.6. The molecule has 0 radical (unpaired) electrons. The fourth-order valence-electron chi connectivity index (χ4n) is 3.29. The molecule has 3 rings (SSSR count). The van der Waals surface area contributed by atoms with Crippen LogP contribution in [0.25, 0.3) is 0 Å². The second-order valence-corrected chi connectivity index (χ2v) is 7.19. The lowest BCUT2D eigenvalue weighted by atomic mass is 10.1. The Kier molecular flexibility index (Phi) is 10.4. The lowest BCUT2D eigenvalue weighted by molar-refractivity contribution is -0.123. The van der Waals surface area contributed by atoms with Crippen LogP contribution in [0.15, 0.2) is 35.6 Å². The molecule has 1 fully saturated rings. The van der Waals surface area contributed by atoms with Gasteiger partial charge in [0.1, 0.15) is 12.2 Å². The van der Waals surface area contributed by atoms with Crippen molar-refractivity contribution < 1.29 is 9.59 Å². The number of aliphatic imine (C=N–C) groups is 1. The maximum Gasteiger partial charge on any atom is 0.254 e. The molecule has 10 nitrogen and oxygen atoms in total. The van der Waals surface area contributed by atoms with Gasteiger partial charge in [-0.3, -0.25) is 9.59 Å². The number of nitrogens with one attached hydrogen (secondary N) is 3. The lowest BCUT2D eigenvalue weighted by Crippen LogP contribution is -2.49. The summed E-state index contributed by atoms with van der Waals surface area (Å²) < 4.78 is 2.03. The van der Waals surface area contributed by atoms with E-state index in [1.165, 1.54) is 0 Å². The Morgan fingerprint density at radius 1 is 1.22 bits per heavy atom. The highest BCUT2D eigenvalue weighted by Gasteiger charge is 2.22. The smallest absolute Gasteiger partial charge is 0.254 e. The van der Waals surface area contributed by atoms with Gasteiger partial charge in [-0.05, 0) is 24.6 Å². The number of aryl methyl sites for hydroxylation is 1. The van der Waals surface area contributed by atoms with Gasteiger partial charge in [-0.15, -0.1) is 34.2 Å². The summed E-state index contributed by atoms with van der Waals surface area (Å²) in [5, 5.41) is 17.3. The Morgan fingerprint density at radius 3 is 2.69 bits per heavy atom. The van der Waals surface area contributed by atoms with Crippen molar-refractivity contribution in [1.82, 2.24) is 35.6 Å². The first-order valence-electron chi connectivity index (χ1n) is 10.6. The van der Waals surface area contributed by atoms with E-state index >= 15 is 0 Å². The number of aromatic nitrogens is 3. The molecular weight excluding hydrogens is 523 g/mol. The van der Waals surface area contributed by atoms with Crippen LogP contribution in [-0.4, -0.2) is 70.2 Å². The number of amides is 2. The quantitative estimate of drug-likeness (QED) is 0.253. The predicted octanol–water partition coefficient (Wildman–Crippen LogP) is 0.786. The minimum atomic E-state index is -0.125. The molecule has 2 amide bonds. The molecule has 1 aromatic carbocycles. The highest BCUT2D eigenvalue weighted by molar-refractivity contribution is 14.0. The highest BCUT2D eigenvalue weighted by atomic mass is 127. The van der Waals surface area contributed by atoms with Crippen molar-refractivity contribution in [2.45, 2.75) is 33.4 Å². The van der Waals surface area contributed by atoms with Crippen molar-refractivity contribution in [1.29, 1.82) is 0 Å². The fraction of sp³-hybridized carbons (Fsp3) is 0.476.